The van der Waals surface area contributed by atoms with Crippen molar-refractivity contribution >= 4 is 29.0 Å². The monoisotopic (exact) mass is 663 g/mol. The van der Waals surface area contributed by atoms with Gasteiger partial charge in [0.25, 0.3) is 5.91 Å². The van der Waals surface area contributed by atoms with Crippen LogP contribution in [0.4, 0.5) is 4.39 Å². The van der Waals surface area contributed by atoms with Crippen LogP contribution >= 0.6 is 11.6 Å². The van der Waals surface area contributed by atoms with Crippen LogP contribution in [0.1, 0.15) is 37.3 Å². The molecular formula is C36H39ClFN3O6. The summed E-state index contributed by atoms with van der Waals surface area (Å²) in [5, 5.41) is 3.97. The van der Waals surface area contributed by atoms with E-state index in [4.69, 9.17) is 30.5 Å². The lowest BCUT2D eigenvalue weighted by atomic mass is 9.82. The highest BCUT2D eigenvalue weighted by Crippen LogP contribution is 2.38. The molecule has 2 bridgehead atoms. The van der Waals surface area contributed by atoms with Gasteiger partial charge in [-0.1, -0.05) is 23.7 Å². The van der Waals surface area contributed by atoms with Crippen molar-refractivity contribution in [3.63, 3.8) is 0 Å². The largest absolute Gasteiger partial charge is 0.497 e. The predicted octanol–water partition coefficient (Wildman–Crippen LogP) is 5.49. The summed E-state index contributed by atoms with van der Waals surface area (Å²) < 4.78 is 36.0. The minimum atomic E-state index is -0.426. The minimum absolute atomic E-state index is 0.00410. The van der Waals surface area contributed by atoms with Gasteiger partial charge >= 0.3 is 0 Å². The number of piperazine rings is 1. The summed E-state index contributed by atoms with van der Waals surface area (Å²) in [7, 11) is 3.22. The molecule has 1 saturated heterocycles. The number of carbonyl (C=O) groups is 2. The second-order valence-electron chi connectivity index (χ2n) is 12.1. The van der Waals surface area contributed by atoms with Crippen molar-refractivity contribution in [2.75, 3.05) is 40.5 Å². The smallest absolute Gasteiger partial charge is 0.252 e. The molecule has 47 heavy (non-hydrogen) atoms. The number of carbonyl (C=O) groups excluding carboxylic acids is 2. The molecule has 248 valence electrons. The van der Waals surface area contributed by atoms with Crippen LogP contribution < -0.4 is 24.3 Å². The fourth-order valence-corrected chi connectivity index (χ4v) is 6.51. The third-order valence-corrected chi connectivity index (χ3v) is 9.11. The number of benzene rings is 3. The summed E-state index contributed by atoms with van der Waals surface area (Å²) in [6, 6.07) is 17.2. The fourth-order valence-electron chi connectivity index (χ4n) is 6.34. The van der Waals surface area contributed by atoms with Gasteiger partial charge in [0.2, 0.25) is 5.91 Å². The highest BCUT2D eigenvalue weighted by Gasteiger charge is 2.43. The molecule has 2 fully saturated rings. The number of ether oxygens (including phenoxy) is 4. The molecule has 0 radical (unpaired) electrons. The van der Waals surface area contributed by atoms with Gasteiger partial charge in [-0.15, -0.1) is 0 Å². The second kappa shape index (κ2) is 14.2. The number of halogens is 2. The van der Waals surface area contributed by atoms with Crippen LogP contribution in [0.5, 0.6) is 23.0 Å². The summed E-state index contributed by atoms with van der Waals surface area (Å²) in [5.41, 5.74) is 3.54. The summed E-state index contributed by atoms with van der Waals surface area (Å²) in [4.78, 5) is 30.9. The van der Waals surface area contributed by atoms with Gasteiger partial charge < -0.3 is 34.1 Å². The normalized spacial score (nSPS) is 18.9. The lowest BCUT2D eigenvalue weighted by molar-refractivity contribution is -0.132. The first kappa shape index (κ1) is 32.7. The minimum Gasteiger partial charge on any atom is -0.497 e. The molecule has 1 N–H and O–H groups in total. The molecule has 0 spiro atoms. The van der Waals surface area contributed by atoms with Gasteiger partial charge in [0.15, 0.2) is 0 Å². The standard InChI is InChI=1S/C36H39ClFN3O6/c1-22(42)40-20-26-17-31(24-4-9-28(10-5-24)46-12-13-47-34-16-25(38)6-11-32(34)37)35(33(21-40)39-26)36(43)41(27-7-8-27)19-23-14-29(44-2)18-30(15-23)45-3/h4-6,9-11,14-16,18,26-27,33,39H,7-8,12-13,17,19-21H2,1-3H3. The van der Waals surface area contributed by atoms with Gasteiger partial charge in [0, 0.05) is 56.3 Å². The number of amides is 2. The van der Waals surface area contributed by atoms with Crippen molar-refractivity contribution in [2.45, 2.75) is 50.9 Å². The zero-order valence-corrected chi connectivity index (χ0v) is 27.5. The fraction of sp³-hybridized carbons (Fsp3) is 0.389. The zero-order chi connectivity index (χ0) is 33.1. The zero-order valence-electron chi connectivity index (χ0n) is 26.8. The van der Waals surface area contributed by atoms with Crippen LogP contribution in [0.3, 0.4) is 0 Å². The molecule has 9 nitrogen and oxygen atoms in total. The Morgan fingerprint density at radius 1 is 0.936 bits per heavy atom. The summed E-state index contributed by atoms with van der Waals surface area (Å²) >= 11 is 6.08. The highest BCUT2D eigenvalue weighted by molar-refractivity contribution is 6.32. The van der Waals surface area contributed by atoms with Gasteiger partial charge in [-0.2, -0.15) is 0 Å². The maximum Gasteiger partial charge on any atom is 0.252 e. The molecule has 11 heteroatoms. The Morgan fingerprint density at radius 2 is 1.64 bits per heavy atom. The van der Waals surface area contributed by atoms with E-state index >= 15 is 0 Å². The first-order chi connectivity index (χ1) is 22.7. The second-order valence-corrected chi connectivity index (χ2v) is 12.5. The average molecular weight is 664 g/mol. The molecule has 2 aliphatic heterocycles. The third kappa shape index (κ3) is 7.66. The lowest BCUT2D eigenvalue weighted by Crippen LogP contribution is -2.61. The van der Waals surface area contributed by atoms with E-state index in [1.165, 1.54) is 18.2 Å². The molecule has 2 unspecified atom stereocenters. The van der Waals surface area contributed by atoms with Gasteiger partial charge in [0.05, 0.1) is 25.3 Å². The van der Waals surface area contributed by atoms with E-state index in [1.807, 2.05) is 52.3 Å². The van der Waals surface area contributed by atoms with Crippen LogP contribution in [0, 0.1) is 5.82 Å². The summed E-state index contributed by atoms with van der Waals surface area (Å²) in [5.74, 6) is 1.79. The van der Waals surface area contributed by atoms with Crippen LogP contribution in [-0.2, 0) is 16.1 Å². The van der Waals surface area contributed by atoms with E-state index in [-0.39, 0.29) is 48.9 Å². The van der Waals surface area contributed by atoms with Crippen LogP contribution in [-0.4, -0.2) is 80.3 Å². The number of hydrogen-bond donors (Lipinski definition) is 1. The quantitative estimate of drug-likeness (QED) is 0.256. The molecular weight excluding hydrogens is 625 g/mol. The molecule has 3 aromatic carbocycles. The van der Waals surface area contributed by atoms with E-state index in [0.29, 0.717) is 53.9 Å². The van der Waals surface area contributed by atoms with E-state index in [9.17, 15) is 14.0 Å². The first-order valence-corrected chi connectivity index (χ1v) is 16.2. The molecule has 2 atom stereocenters. The lowest BCUT2D eigenvalue weighted by Gasteiger charge is -2.44. The topological polar surface area (TPSA) is 89.6 Å². The first-order valence-electron chi connectivity index (χ1n) is 15.8. The number of methoxy groups -OCH3 is 2. The Balaban J connectivity index is 1.24. The van der Waals surface area contributed by atoms with Crippen molar-refractivity contribution in [2.24, 2.45) is 0 Å². The van der Waals surface area contributed by atoms with Crippen molar-refractivity contribution < 1.29 is 32.9 Å². The Bertz CT molecular complexity index is 1640. The van der Waals surface area contributed by atoms with Crippen molar-refractivity contribution in [3.8, 4) is 23.0 Å². The van der Waals surface area contributed by atoms with Gasteiger partial charge in [-0.25, -0.2) is 4.39 Å². The van der Waals surface area contributed by atoms with Gasteiger partial charge in [0.1, 0.15) is 42.0 Å². The molecule has 3 aromatic rings. The molecule has 6 rings (SSSR count). The third-order valence-electron chi connectivity index (χ3n) is 8.80. The van der Waals surface area contributed by atoms with Crippen LogP contribution in [0.25, 0.3) is 5.57 Å². The van der Waals surface area contributed by atoms with Crippen molar-refractivity contribution in [1.29, 1.82) is 0 Å². The average Bonchev–Trinajstić information content (AvgIpc) is 3.92. The molecule has 2 amide bonds. The van der Waals surface area contributed by atoms with Gasteiger partial charge in [-0.05, 0) is 72.4 Å². The number of nitrogens with one attached hydrogen (secondary N) is 1. The number of rotatable bonds is 12. The molecule has 1 saturated carbocycles. The van der Waals surface area contributed by atoms with E-state index < -0.39 is 5.82 Å². The predicted molar refractivity (Wildman–Crippen MR) is 176 cm³/mol. The number of hydrogen-bond acceptors (Lipinski definition) is 7. The number of fused-ring (bicyclic) bond motifs is 2. The van der Waals surface area contributed by atoms with E-state index in [1.54, 1.807) is 21.1 Å². The Hall–Kier alpha value is -4.28. The van der Waals surface area contributed by atoms with Crippen molar-refractivity contribution in [1.82, 2.24) is 15.1 Å². The van der Waals surface area contributed by atoms with Gasteiger partial charge in [-0.3, -0.25) is 9.59 Å². The highest BCUT2D eigenvalue weighted by atomic mass is 35.5. The molecule has 3 aliphatic rings. The van der Waals surface area contributed by atoms with Crippen molar-refractivity contribution in [3.05, 3.63) is 88.2 Å². The van der Waals surface area contributed by atoms with Crippen LogP contribution in [0.15, 0.2) is 66.2 Å². The number of nitrogens with zero attached hydrogens (tertiary/aromatic N) is 2. The summed E-state index contributed by atoms with van der Waals surface area (Å²) in [6.45, 7) is 3.43. The maximum absolute atomic E-state index is 14.6. The Kier molecular flexibility index (Phi) is 9.89. The molecule has 1 aliphatic carbocycles. The van der Waals surface area contributed by atoms with Crippen LogP contribution in [0.2, 0.25) is 5.02 Å². The Morgan fingerprint density at radius 3 is 2.30 bits per heavy atom. The molecule has 2 heterocycles. The summed E-state index contributed by atoms with van der Waals surface area (Å²) in [6.07, 6.45) is 2.49. The molecule has 0 aromatic heterocycles. The maximum atomic E-state index is 14.6. The van der Waals surface area contributed by atoms with E-state index in [0.717, 1.165) is 29.5 Å². The van der Waals surface area contributed by atoms with E-state index in [2.05, 4.69) is 5.32 Å². The SMILES string of the molecule is COc1cc(CN(C(=O)C2=C(c3ccc(OCCOc4cc(F)ccc4Cl)cc3)CC3CN(C(C)=O)CC2N3)C2CC2)cc(OC)c1. The Labute approximate surface area is 279 Å².